The summed E-state index contributed by atoms with van der Waals surface area (Å²) in [6, 6.07) is 21.3. The minimum absolute atomic E-state index is 0.137. The standard InChI is InChI=1S/C12H18N2O2.C6H6/c1-3-15-12(11(13)14,16-4-2)10-8-6-5-7-9-10;1-2-4-6-5-3-1/h5-9H,3-4H2,1-2H3,(H3,13,14);1-6H. The minimum atomic E-state index is -1.25. The van der Waals surface area contributed by atoms with Gasteiger partial charge in [0.1, 0.15) is 0 Å². The number of nitrogens with two attached hydrogens (primary N) is 1. The molecule has 0 aliphatic rings. The highest BCUT2D eigenvalue weighted by Crippen LogP contribution is 2.27. The highest BCUT2D eigenvalue weighted by molar-refractivity contribution is 5.86. The third kappa shape index (κ3) is 4.98. The lowest BCUT2D eigenvalue weighted by molar-refractivity contribution is -0.192. The molecule has 0 aliphatic carbocycles. The Kier molecular flexibility index (Phi) is 7.89. The van der Waals surface area contributed by atoms with Gasteiger partial charge in [-0.25, -0.2) is 0 Å². The van der Waals surface area contributed by atoms with Gasteiger partial charge in [-0.05, 0) is 13.8 Å². The Morgan fingerprint density at radius 2 is 1.23 bits per heavy atom. The zero-order valence-electron chi connectivity index (χ0n) is 13.2. The lowest BCUT2D eigenvalue weighted by Crippen LogP contribution is -2.45. The third-order valence-corrected chi connectivity index (χ3v) is 2.87. The van der Waals surface area contributed by atoms with Crippen molar-refractivity contribution in [1.29, 1.82) is 5.41 Å². The van der Waals surface area contributed by atoms with Gasteiger partial charge in [-0.3, -0.25) is 5.41 Å². The predicted octanol–water partition coefficient (Wildman–Crippen LogP) is 3.53. The molecule has 3 N–H and O–H groups in total. The first-order valence-corrected chi connectivity index (χ1v) is 7.35. The van der Waals surface area contributed by atoms with E-state index in [9.17, 15) is 0 Å². The van der Waals surface area contributed by atoms with E-state index in [1.165, 1.54) is 0 Å². The SMILES string of the molecule is CCOC(OCC)(C(=N)N)c1ccccc1.c1ccccc1. The van der Waals surface area contributed by atoms with Crippen molar-refractivity contribution >= 4 is 5.84 Å². The van der Waals surface area contributed by atoms with Crippen molar-refractivity contribution in [3.8, 4) is 0 Å². The second-order valence-electron chi connectivity index (χ2n) is 4.42. The lowest BCUT2D eigenvalue weighted by atomic mass is 10.0. The first kappa shape index (κ1) is 17.9. The van der Waals surface area contributed by atoms with E-state index in [1.807, 2.05) is 80.6 Å². The summed E-state index contributed by atoms with van der Waals surface area (Å²) in [6.07, 6.45) is 0. The van der Waals surface area contributed by atoms with Gasteiger partial charge in [0.25, 0.3) is 5.79 Å². The molecule has 0 saturated carbocycles. The van der Waals surface area contributed by atoms with Crippen LogP contribution in [-0.2, 0) is 15.3 Å². The highest BCUT2D eigenvalue weighted by Gasteiger charge is 2.37. The van der Waals surface area contributed by atoms with E-state index in [-0.39, 0.29) is 5.84 Å². The summed E-state index contributed by atoms with van der Waals surface area (Å²) >= 11 is 0. The second kappa shape index (κ2) is 9.71. The number of rotatable bonds is 6. The van der Waals surface area contributed by atoms with Crippen molar-refractivity contribution in [3.63, 3.8) is 0 Å². The number of benzene rings is 2. The number of hydrogen-bond acceptors (Lipinski definition) is 3. The fourth-order valence-electron chi connectivity index (χ4n) is 1.97. The van der Waals surface area contributed by atoms with Crippen LogP contribution in [0.1, 0.15) is 19.4 Å². The smallest absolute Gasteiger partial charge is 0.254 e. The molecular weight excluding hydrogens is 276 g/mol. The topological polar surface area (TPSA) is 68.3 Å². The average Bonchev–Trinajstić information content (AvgIpc) is 2.57. The van der Waals surface area contributed by atoms with Crippen molar-refractivity contribution in [1.82, 2.24) is 0 Å². The lowest BCUT2D eigenvalue weighted by Gasteiger charge is -2.32. The normalized spacial score (nSPS) is 10.5. The summed E-state index contributed by atoms with van der Waals surface area (Å²) in [5.74, 6) is -1.38. The van der Waals surface area contributed by atoms with Gasteiger partial charge in [-0.2, -0.15) is 0 Å². The van der Waals surface area contributed by atoms with Crippen molar-refractivity contribution in [2.75, 3.05) is 13.2 Å². The second-order valence-corrected chi connectivity index (χ2v) is 4.42. The van der Waals surface area contributed by atoms with Gasteiger partial charge in [-0.1, -0.05) is 66.7 Å². The van der Waals surface area contributed by atoms with Crippen LogP contribution in [0.3, 0.4) is 0 Å². The summed E-state index contributed by atoms with van der Waals surface area (Å²) < 4.78 is 11.1. The van der Waals surface area contributed by atoms with Crippen LogP contribution in [0.15, 0.2) is 66.7 Å². The van der Waals surface area contributed by atoms with Crippen molar-refractivity contribution in [2.24, 2.45) is 5.73 Å². The number of hydrogen-bond donors (Lipinski definition) is 2. The molecule has 0 unspecified atom stereocenters. The monoisotopic (exact) mass is 300 g/mol. The largest absolute Gasteiger partial charge is 0.383 e. The maximum absolute atomic E-state index is 7.67. The first-order chi connectivity index (χ1) is 10.7. The Labute approximate surface area is 132 Å². The number of nitrogens with one attached hydrogen (secondary N) is 1. The van der Waals surface area contributed by atoms with E-state index in [0.29, 0.717) is 13.2 Å². The average molecular weight is 300 g/mol. The summed E-state index contributed by atoms with van der Waals surface area (Å²) in [6.45, 7) is 4.54. The Bertz CT molecular complexity index is 497. The van der Waals surface area contributed by atoms with Crippen LogP contribution in [0.4, 0.5) is 0 Å². The van der Waals surface area contributed by atoms with Gasteiger partial charge in [0.05, 0.1) is 0 Å². The molecule has 0 amide bonds. The molecule has 0 heterocycles. The Hall–Kier alpha value is -2.17. The molecule has 22 heavy (non-hydrogen) atoms. The van der Waals surface area contributed by atoms with E-state index in [1.54, 1.807) is 0 Å². The van der Waals surface area contributed by atoms with E-state index in [0.717, 1.165) is 5.56 Å². The fourth-order valence-corrected chi connectivity index (χ4v) is 1.97. The van der Waals surface area contributed by atoms with Gasteiger partial charge in [0, 0.05) is 18.8 Å². The Balaban J connectivity index is 0.000000335. The van der Waals surface area contributed by atoms with Crippen LogP contribution in [0.25, 0.3) is 0 Å². The van der Waals surface area contributed by atoms with E-state index < -0.39 is 5.79 Å². The van der Waals surface area contributed by atoms with Gasteiger partial charge in [0.2, 0.25) is 0 Å². The summed E-state index contributed by atoms with van der Waals surface area (Å²) in [5.41, 5.74) is 6.35. The molecule has 2 aromatic carbocycles. The summed E-state index contributed by atoms with van der Waals surface area (Å²) in [5, 5.41) is 7.67. The van der Waals surface area contributed by atoms with Crippen LogP contribution >= 0.6 is 0 Å². The fraction of sp³-hybridized carbons (Fsp3) is 0.278. The maximum Gasteiger partial charge on any atom is 0.254 e. The molecule has 2 aromatic rings. The molecule has 4 heteroatoms. The molecule has 0 saturated heterocycles. The molecule has 0 bridgehead atoms. The van der Waals surface area contributed by atoms with Crippen molar-refractivity contribution in [3.05, 3.63) is 72.3 Å². The molecule has 0 spiro atoms. The van der Waals surface area contributed by atoms with Gasteiger partial charge < -0.3 is 15.2 Å². The van der Waals surface area contributed by atoms with Crippen LogP contribution in [0.2, 0.25) is 0 Å². The first-order valence-electron chi connectivity index (χ1n) is 7.35. The molecule has 0 atom stereocenters. The zero-order valence-corrected chi connectivity index (χ0v) is 13.2. The molecule has 0 fully saturated rings. The van der Waals surface area contributed by atoms with Crippen molar-refractivity contribution < 1.29 is 9.47 Å². The molecule has 118 valence electrons. The van der Waals surface area contributed by atoms with Gasteiger partial charge in [0.15, 0.2) is 5.84 Å². The van der Waals surface area contributed by atoms with Crippen molar-refractivity contribution in [2.45, 2.75) is 19.6 Å². The van der Waals surface area contributed by atoms with E-state index in [4.69, 9.17) is 20.6 Å². The number of amidine groups is 1. The number of ether oxygens (including phenoxy) is 2. The minimum Gasteiger partial charge on any atom is -0.383 e. The van der Waals surface area contributed by atoms with Gasteiger partial charge >= 0.3 is 0 Å². The molecule has 4 nitrogen and oxygen atoms in total. The quantitative estimate of drug-likeness (QED) is 0.487. The van der Waals surface area contributed by atoms with Crippen LogP contribution in [0.5, 0.6) is 0 Å². The molecular formula is C18H24N2O2. The van der Waals surface area contributed by atoms with Gasteiger partial charge in [-0.15, -0.1) is 0 Å². The summed E-state index contributed by atoms with van der Waals surface area (Å²) in [7, 11) is 0. The Morgan fingerprint density at radius 3 is 1.55 bits per heavy atom. The van der Waals surface area contributed by atoms with E-state index in [2.05, 4.69) is 0 Å². The highest BCUT2D eigenvalue weighted by atomic mass is 16.7. The summed E-state index contributed by atoms with van der Waals surface area (Å²) in [4.78, 5) is 0. The van der Waals surface area contributed by atoms with Crippen LogP contribution in [0, 0.1) is 5.41 Å². The Morgan fingerprint density at radius 1 is 0.864 bits per heavy atom. The molecule has 2 rings (SSSR count). The molecule has 0 aliphatic heterocycles. The zero-order chi connectivity index (χ0) is 16.3. The predicted molar refractivity (Wildman–Crippen MR) is 89.7 cm³/mol. The molecule has 0 aromatic heterocycles. The third-order valence-electron chi connectivity index (χ3n) is 2.87. The van der Waals surface area contributed by atoms with Crippen LogP contribution < -0.4 is 5.73 Å². The van der Waals surface area contributed by atoms with Crippen LogP contribution in [-0.4, -0.2) is 19.0 Å². The van der Waals surface area contributed by atoms with E-state index >= 15 is 0 Å². The molecule has 0 radical (unpaired) electrons. The maximum atomic E-state index is 7.67.